The Morgan fingerprint density at radius 2 is 1.96 bits per heavy atom. The first-order valence-corrected chi connectivity index (χ1v) is 9.28. The van der Waals surface area contributed by atoms with Crippen LogP contribution in [-0.4, -0.2) is 64.4 Å². The van der Waals surface area contributed by atoms with Crippen LogP contribution in [0, 0.1) is 13.8 Å². The van der Waals surface area contributed by atoms with Gasteiger partial charge in [0, 0.05) is 50.8 Å². The van der Waals surface area contributed by atoms with Gasteiger partial charge in [-0.3, -0.25) is 14.7 Å². The van der Waals surface area contributed by atoms with Crippen LogP contribution in [0.4, 0.5) is 0 Å². The number of nitrogens with zero attached hydrogens (tertiary/aromatic N) is 3. The first kappa shape index (κ1) is 19.1. The number of hydrogen-bond donors (Lipinski definition) is 1. The second-order valence-electron chi connectivity index (χ2n) is 6.78. The standard InChI is InChI=1S/C20H26N4O3/c1-4-27-20(26)17-14(2)18(22-15(17)3)19(25)24-10-8-23(9-11-24)13-16-6-5-7-21-12-16/h5-7,12,22H,4,8-11,13H2,1-3H3. The van der Waals surface area contributed by atoms with Crippen LogP contribution in [0.25, 0.3) is 0 Å². The van der Waals surface area contributed by atoms with Crippen molar-refractivity contribution in [3.05, 3.63) is 52.6 Å². The lowest BCUT2D eigenvalue weighted by molar-refractivity contribution is 0.0525. The molecular formula is C20H26N4O3. The average molecular weight is 370 g/mol. The molecule has 144 valence electrons. The Kier molecular flexibility index (Phi) is 5.91. The number of carbonyl (C=O) groups is 2. The summed E-state index contributed by atoms with van der Waals surface area (Å²) in [7, 11) is 0. The summed E-state index contributed by atoms with van der Waals surface area (Å²) in [6, 6.07) is 4.00. The van der Waals surface area contributed by atoms with Crippen molar-refractivity contribution < 1.29 is 14.3 Å². The number of ether oxygens (including phenoxy) is 1. The number of aryl methyl sites for hydroxylation is 1. The van der Waals surface area contributed by atoms with Crippen LogP contribution in [0.1, 0.15) is 44.6 Å². The molecule has 27 heavy (non-hydrogen) atoms. The molecule has 0 spiro atoms. The molecule has 0 unspecified atom stereocenters. The van der Waals surface area contributed by atoms with E-state index in [2.05, 4.69) is 20.9 Å². The summed E-state index contributed by atoms with van der Waals surface area (Å²) in [6.07, 6.45) is 3.64. The third-order valence-corrected chi connectivity index (χ3v) is 4.92. The van der Waals surface area contributed by atoms with Gasteiger partial charge in [0.25, 0.3) is 5.91 Å². The summed E-state index contributed by atoms with van der Waals surface area (Å²) in [5.41, 5.74) is 3.46. The molecule has 2 aromatic rings. The second-order valence-corrected chi connectivity index (χ2v) is 6.78. The normalized spacial score (nSPS) is 15.0. The molecule has 1 aliphatic rings. The number of nitrogens with one attached hydrogen (secondary N) is 1. The number of H-pyrrole nitrogens is 1. The maximum Gasteiger partial charge on any atom is 0.340 e. The van der Waals surface area contributed by atoms with Gasteiger partial charge in [0.2, 0.25) is 0 Å². The van der Waals surface area contributed by atoms with Crippen LogP contribution in [-0.2, 0) is 11.3 Å². The number of pyridine rings is 1. The smallest absolute Gasteiger partial charge is 0.340 e. The molecule has 0 radical (unpaired) electrons. The fourth-order valence-electron chi connectivity index (χ4n) is 3.49. The first-order chi connectivity index (χ1) is 13.0. The number of hydrogen-bond acceptors (Lipinski definition) is 5. The van der Waals surface area contributed by atoms with Crippen molar-refractivity contribution in [2.24, 2.45) is 0 Å². The number of amides is 1. The van der Waals surface area contributed by atoms with E-state index in [1.54, 1.807) is 27.0 Å². The third kappa shape index (κ3) is 4.19. The van der Waals surface area contributed by atoms with E-state index in [1.165, 1.54) is 5.56 Å². The Bertz CT molecular complexity index is 808. The number of rotatable bonds is 5. The second kappa shape index (κ2) is 8.35. The summed E-state index contributed by atoms with van der Waals surface area (Å²) in [5, 5.41) is 0. The molecule has 7 heteroatoms. The van der Waals surface area contributed by atoms with E-state index in [1.807, 2.05) is 17.2 Å². The van der Waals surface area contributed by atoms with Crippen molar-refractivity contribution in [3.63, 3.8) is 0 Å². The van der Waals surface area contributed by atoms with Crippen molar-refractivity contribution in [2.45, 2.75) is 27.3 Å². The zero-order chi connectivity index (χ0) is 19.4. The molecule has 3 rings (SSSR count). The monoisotopic (exact) mass is 370 g/mol. The minimum absolute atomic E-state index is 0.0628. The van der Waals surface area contributed by atoms with Gasteiger partial charge >= 0.3 is 5.97 Å². The number of piperazine rings is 1. The van der Waals surface area contributed by atoms with E-state index in [0.717, 1.165) is 19.6 Å². The number of esters is 1. The molecule has 0 atom stereocenters. The molecule has 1 N–H and O–H groups in total. The predicted octanol–water partition coefficient (Wildman–Crippen LogP) is 2.16. The summed E-state index contributed by atoms with van der Waals surface area (Å²) >= 11 is 0. The van der Waals surface area contributed by atoms with Crippen molar-refractivity contribution >= 4 is 11.9 Å². The topological polar surface area (TPSA) is 78.5 Å². The van der Waals surface area contributed by atoms with Crippen molar-refractivity contribution in [3.8, 4) is 0 Å². The Morgan fingerprint density at radius 1 is 1.22 bits per heavy atom. The third-order valence-electron chi connectivity index (χ3n) is 4.92. The van der Waals surface area contributed by atoms with Crippen molar-refractivity contribution in [2.75, 3.05) is 32.8 Å². The van der Waals surface area contributed by atoms with Gasteiger partial charge in [-0.25, -0.2) is 4.79 Å². The molecule has 3 heterocycles. The van der Waals surface area contributed by atoms with Gasteiger partial charge in [0.1, 0.15) is 5.69 Å². The number of aromatic nitrogens is 2. The fourth-order valence-corrected chi connectivity index (χ4v) is 3.49. The van der Waals surface area contributed by atoms with Gasteiger partial charge in [0.15, 0.2) is 0 Å². The van der Waals surface area contributed by atoms with Crippen LogP contribution in [0.5, 0.6) is 0 Å². The van der Waals surface area contributed by atoms with Crippen molar-refractivity contribution in [1.82, 2.24) is 19.8 Å². The van der Waals surface area contributed by atoms with E-state index in [-0.39, 0.29) is 11.9 Å². The van der Waals surface area contributed by atoms with E-state index in [9.17, 15) is 9.59 Å². The summed E-state index contributed by atoms with van der Waals surface area (Å²) in [5.74, 6) is -0.448. The van der Waals surface area contributed by atoms with Crippen LogP contribution >= 0.6 is 0 Å². The van der Waals surface area contributed by atoms with Crippen LogP contribution in [0.3, 0.4) is 0 Å². The minimum atomic E-state index is -0.385. The highest BCUT2D eigenvalue weighted by Crippen LogP contribution is 2.21. The van der Waals surface area contributed by atoms with Crippen LogP contribution in [0.2, 0.25) is 0 Å². The molecule has 1 aliphatic heterocycles. The van der Waals surface area contributed by atoms with Crippen LogP contribution in [0.15, 0.2) is 24.5 Å². The molecule has 0 bridgehead atoms. The van der Waals surface area contributed by atoms with Gasteiger partial charge in [-0.2, -0.15) is 0 Å². The maximum absolute atomic E-state index is 12.9. The number of aromatic amines is 1. The Hall–Kier alpha value is -2.67. The zero-order valence-electron chi connectivity index (χ0n) is 16.1. The van der Waals surface area contributed by atoms with Crippen molar-refractivity contribution in [1.29, 1.82) is 0 Å². The van der Waals surface area contributed by atoms with Gasteiger partial charge in [-0.15, -0.1) is 0 Å². The van der Waals surface area contributed by atoms with Gasteiger partial charge in [0.05, 0.1) is 12.2 Å². The van der Waals surface area contributed by atoms with Gasteiger partial charge < -0.3 is 14.6 Å². The summed E-state index contributed by atoms with van der Waals surface area (Å²) in [4.78, 5) is 36.5. The fraction of sp³-hybridized carbons (Fsp3) is 0.450. The highest BCUT2D eigenvalue weighted by atomic mass is 16.5. The first-order valence-electron chi connectivity index (χ1n) is 9.28. The van der Waals surface area contributed by atoms with Gasteiger partial charge in [-0.05, 0) is 38.0 Å². The molecule has 1 fully saturated rings. The molecule has 1 amide bonds. The molecule has 1 saturated heterocycles. The molecule has 0 saturated carbocycles. The van der Waals surface area contributed by atoms with E-state index in [4.69, 9.17) is 4.74 Å². The Morgan fingerprint density at radius 3 is 2.59 bits per heavy atom. The highest BCUT2D eigenvalue weighted by Gasteiger charge is 2.28. The number of carbonyl (C=O) groups excluding carboxylic acids is 2. The Balaban J connectivity index is 1.64. The zero-order valence-corrected chi connectivity index (χ0v) is 16.1. The highest BCUT2D eigenvalue weighted by molar-refractivity contribution is 6.00. The molecule has 0 aromatic carbocycles. The average Bonchev–Trinajstić information content (AvgIpc) is 2.97. The lowest BCUT2D eigenvalue weighted by Crippen LogP contribution is -2.48. The maximum atomic E-state index is 12.9. The SMILES string of the molecule is CCOC(=O)c1c(C)[nH]c(C(=O)N2CCN(Cc3cccnc3)CC2)c1C. The largest absolute Gasteiger partial charge is 0.462 e. The van der Waals surface area contributed by atoms with Gasteiger partial charge in [-0.1, -0.05) is 6.07 Å². The molecule has 0 aliphatic carbocycles. The lowest BCUT2D eigenvalue weighted by atomic mass is 10.1. The summed E-state index contributed by atoms with van der Waals surface area (Å²) in [6.45, 7) is 9.44. The molecular weight excluding hydrogens is 344 g/mol. The lowest BCUT2D eigenvalue weighted by Gasteiger charge is -2.34. The quantitative estimate of drug-likeness (QED) is 0.816. The van der Waals surface area contributed by atoms with E-state index < -0.39 is 0 Å². The van der Waals surface area contributed by atoms with E-state index in [0.29, 0.717) is 42.2 Å². The van der Waals surface area contributed by atoms with Crippen LogP contribution < -0.4 is 0 Å². The predicted molar refractivity (Wildman–Crippen MR) is 102 cm³/mol. The molecule has 2 aromatic heterocycles. The van der Waals surface area contributed by atoms with E-state index >= 15 is 0 Å². The Labute approximate surface area is 159 Å². The summed E-state index contributed by atoms with van der Waals surface area (Å²) < 4.78 is 5.10. The molecule has 7 nitrogen and oxygen atoms in total. The minimum Gasteiger partial charge on any atom is -0.462 e.